The summed E-state index contributed by atoms with van der Waals surface area (Å²) in [7, 11) is 0. The van der Waals surface area contributed by atoms with Gasteiger partial charge in [0.1, 0.15) is 37.0 Å². The van der Waals surface area contributed by atoms with Gasteiger partial charge in [0.25, 0.3) is 0 Å². The summed E-state index contributed by atoms with van der Waals surface area (Å²) in [6.07, 6.45) is 4.28. The standard InChI is InChI=1S/C26H27ClFN10O6PS/c1-29-3-5-41-45(46,42-9-14-6-16(15(14)7-39)37-12-33-19-22(27)31-10-32-24(19)37)44-21-18(28)17(8-40)43-26(21)38-13-34-20-23-30-2-4-36(23)11-35-25(20)38/h2,4,10-18,21,26,39-40H,3,5-9H2/t14-,15-,16-,17-,18-,21-,26-,45?/m1/s1. The molecular formula is C26H27ClFN10O6PS. The van der Waals surface area contributed by atoms with Crippen LogP contribution in [0.4, 0.5) is 4.39 Å². The molecule has 16 nitrogen and oxygen atoms in total. The van der Waals surface area contributed by atoms with Crippen molar-refractivity contribution >= 4 is 58.1 Å². The number of hydrogen-bond donors (Lipinski definition) is 2. The van der Waals surface area contributed by atoms with E-state index in [-0.39, 0.29) is 49.4 Å². The average Bonchev–Trinajstić information content (AvgIpc) is 3.83. The van der Waals surface area contributed by atoms with Crippen molar-refractivity contribution in [2.75, 3.05) is 33.0 Å². The first-order valence-electron chi connectivity index (χ1n) is 14.2. The maximum Gasteiger partial charge on any atom is 0.327 e. The molecule has 2 N–H and O–H groups in total. The number of aliphatic hydroxyl groups excluding tert-OH is 2. The highest BCUT2D eigenvalue weighted by Crippen LogP contribution is 2.56. The minimum atomic E-state index is -3.72. The Balaban J connectivity index is 1.12. The van der Waals surface area contributed by atoms with Gasteiger partial charge in [-0.15, -0.1) is 0 Å². The van der Waals surface area contributed by atoms with Crippen molar-refractivity contribution in [1.29, 1.82) is 0 Å². The van der Waals surface area contributed by atoms with Crippen LogP contribution >= 0.6 is 18.3 Å². The zero-order valence-corrected chi connectivity index (χ0v) is 26.3. The minimum Gasteiger partial charge on any atom is -0.396 e. The van der Waals surface area contributed by atoms with Gasteiger partial charge in [0.05, 0.1) is 25.9 Å². The second-order valence-electron chi connectivity index (χ2n) is 10.8. The molecule has 6 heterocycles. The monoisotopic (exact) mass is 692 g/mol. The number of nitrogens with zero attached hydrogens (tertiary/aromatic N) is 10. The molecule has 1 saturated carbocycles. The van der Waals surface area contributed by atoms with Gasteiger partial charge in [0, 0.05) is 31.0 Å². The Labute approximate surface area is 270 Å². The van der Waals surface area contributed by atoms with E-state index in [0.717, 1.165) is 0 Å². The lowest BCUT2D eigenvalue weighted by atomic mass is 9.70. The van der Waals surface area contributed by atoms with Crippen LogP contribution in [0.3, 0.4) is 0 Å². The fourth-order valence-corrected chi connectivity index (χ4v) is 8.25. The molecule has 46 heavy (non-hydrogen) atoms. The summed E-state index contributed by atoms with van der Waals surface area (Å²) in [6, 6.07) is -0.145. The largest absolute Gasteiger partial charge is 0.396 e. The van der Waals surface area contributed by atoms with Gasteiger partial charge in [-0.3, -0.25) is 13.5 Å². The minimum absolute atomic E-state index is 0.0205. The maximum atomic E-state index is 15.8. The van der Waals surface area contributed by atoms with E-state index in [4.69, 9.17) is 48.3 Å². The molecule has 8 atom stereocenters. The van der Waals surface area contributed by atoms with E-state index in [0.29, 0.717) is 34.4 Å². The number of aliphatic hydroxyl groups is 2. The molecule has 2 aliphatic rings. The van der Waals surface area contributed by atoms with Crippen molar-refractivity contribution in [1.82, 2.24) is 43.4 Å². The summed E-state index contributed by atoms with van der Waals surface area (Å²) >= 11 is 11.9. The average molecular weight is 693 g/mol. The van der Waals surface area contributed by atoms with Crippen molar-refractivity contribution in [2.45, 2.75) is 37.1 Å². The summed E-state index contributed by atoms with van der Waals surface area (Å²) in [5.41, 5.74) is 2.37. The molecule has 0 aromatic carbocycles. The van der Waals surface area contributed by atoms with Crippen molar-refractivity contribution in [3.05, 3.63) is 54.3 Å². The maximum absolute atomic E-state index is 15.8. The van der Waals surface area contributed by atoms with Gasteiger partial charge in [0.2, 0.25) is 6.54 Å². The number of rotatable bonds is 12. The van der Waals surface area contributed by atoms with Crippen LogP contribution in [0.5, 0.6) is 0 Å². The molecule has 5 aromatic rings. The van der Waals surface area contributed by atoms with Crippen molar-refractivity contribution in [2.24, 2.45) is 11.8 Å². The van der Waals surface area contributed by atoms with E-state index < -0.39 is 37.9 Å². The van der Waals surface area contributed by atoms with Crippen LogP contribution < -0.4 is 0 Å². The third-order valence-corrected chi connectivity index (χ3v) is 11.0. The Kier molecular flexibility index (Phi) is 8.69. The zero-order chi connectivity index (χ0) is 32.0. The molecule has 0 spiro atoms. The van der Waals surface area contributed by atoms with Crippen molar-refractivity contribution < 1.29 is 32.9 Å². The van der Waals surface area contributed by atoms with Gasteiger partial charge in [-0.25, -0.2) is 40.9 Å². The van der Waals surface area contributed by atoms with Crippen LogP contribution in [-0.4, -0.2) is 105 Å². The van der Waals surface area contributed by atoms with Crippen LogP contribution in [0.2, 0.25) is 5.15 Å². The highest BCUT2D eigenvalue weighted by Gasteiger charge is 2.51. The van der Waals surface area contributed by atoms with Crippen molar-refractivity contribution in [3.63, 3.8) is 0 Å². The molecule has 0 amide bonds. The van der Waals surface area contributed by atoms with E-state index in [1.807, 2.05) is 4.57 Å². The zero-order valence-electron chi connectivity index (χ0n) is 23.9. The number of aromatic nitrogens is 9. The lowest BCUT2D eigenvalue weighted by Gasteiger charge is -2.44. The molecule has 5 aromatic heterocycles. The second kappa shape index (κ2) is 12.8. The van der Waals surface area contributed by atoms with E-state index in [9.17, 15) is 10.2 Å². The molecule has 20 heteroatoms. The third kappa shape index (κ3) is 5.45. The smallest absolute Gasteiger partial charge is 0.327 e. The number of halogens is 2. The summed E-state index contributed by atoms with van der Waals surface area (Å²) in [6.45, 7) is 2.56. The first-order valence-corrected chi connectivity index (χ1v) is 17.2. The van der Waals surface area contributed by atoms with E-state index in [1.54, 1.807) is 29.4 Å². The van der Waals surface area contributed by atoms with Crippen LogP contribution in [0.1, 0.15) is 18.7 Å². The number of ether oxygens (including phenoxy) is 1. The highest BCUT2D eigenvalue weighted by atomic mass is 35.5. The molecule has 1 aliphatic carbocycles. The predicted octanol–water partition coefficient (Wildman–Crippen LogP) is 2.53. The SMILES string of the molecule is [C-]#[N+]CCOP(=S)(OC[C@H]1C[C@@H](n2cnc3c(Cl)ncnc32)[C@@H]1CO)O[C@@H]1[C@H](F)[C@@H](CO)O[C@H]1n1cnc2c1ncn1ccnc21. The fraction of sp³-hybridized carbons (Fsp3) is 0.500. The lowest BCUT2D eigenvalue weighted by molar-refractivity contribution is -0.0507. The summed E-state index contributed by atoms with van der Waals surface area (Å²) in [4.78, 5) is 29.1. The fourth-order valence-electron chi connectivity index (χ4n) is 5.97. The predicted molar refractivity (Wildman–Crippen MR) is 163 cm³/mol. The summed E-state index contributed by atoms with van der Waals surface area (Å²) in [5, 5.41) is 20.4. The molecule has 7 rings (SSSR count). The van der Waals surface area contributed by atoms with E-state index in [2.05, 4.69) is 34.7 Å². The van der Waals surface area contributed by atoms with Gasteiger partial charge in [-0.1, -0.05) is 11.6 Å². The quantitative estimate of drug-likeness (QED) is 0.0846. The van der Waals surface area contributed by atoms with Gasteiger partial charge in [-0.05, 0) is 24.1 Å². The first kappa shape index (κ1) is 31.4. The van der Waals surface area contributed by atoms with Crippen molar-refractivity contribution in [3.8, 4) is 0 Å². The Bertz CT molecular complexity index is 1970. The molecule has 1 aliphatic heterocycles. The molecule has 0 radical (unpaired) electrons. The Hall–Kier alpha value is -3.24. The number of alkyl halides is 1. The Morgan fingerprint density at radius 2 is 1.85 bits per heavy atom. The summed E-state index contributed by atoms with van der Waals surface area (Å²) < 4.78 is 44.9. The normalized spacial score (nSPS) is 27.7. The van der Waals surface area contributed by atoms with Crippen LogP contribution in [0.15, 0.2) is 37.7 Å². The second-order valence-corrected chi connectivity index (χ2v) is 14.2. The lowest BCUT2D eigenvalue weighted by Crippen LogP contribution is -2.43. The molecule has 0 bridgehead atoms. The Morgan fingerprint density at radius 3 is 2.65 bits per heavy atom. The topological polar surface area (TPSA) is 173 Å². The summed E-state index contributed by atoms with van der Waals surface area (Å²) in [5.74, 6) is -0.420. The molecule has 2 fully saturated rings. The molecule has 1 saturated heterocycles. The highest BCUT2D eigenvalue weighted by molar-refractivity contribution is 8.07. The van der Waals surface area contributed by atoms with Gasteiger partial charge in [0.15, 0.2) is 40.0 Å². The van der Waals surface area contributed by atoms with E-state index >= 15 is 4.39 Å². The number of fused-ring (bicyclic) bond motifs is 4. The first-order chi connectivity index (χ1) is 22.4. The molecule has 242 valence electrons. The number of imidazole rings is 3. The van der Waals surface area contributed by atoms with Gasteiger partial charge in [-0.2, -0.15) is 0 Å². The molecular weight excluding hydrogens is 666 g/mol. The van der Waals surface area contributed by atoms with E-state index in [1.165, 1.54) is 17.2 Å². The Morgan fingerprint density at radius 1 is 1.04 bits per heavy atom. The van der Waals surface area contributed by atoms with Crippen LogP contribution in [0.25, 0.3) is 32.8 Å². The van der Waals surface area contributed by atoms with Crippen LogP contribution in [0, 0.1) is 18.4 Å². The van der Waals surface area contributed by atoms with Gasteiger partial charge >= 0.3 is 6.72 Å². The molecule has 1 unspecified atom stereocenters. The third-order valence-electron chi connectivity index (χ3n) is 8.35. The van der Waals surface area contributed by atoms with Gasteiger partial charge < -0.3 is 33.4 Å². The number of hydrogen-bond acceptors (Lipinski definition) is 13. The van der Waals surface area contributed by atoms with Crippen LogP contribution in [-0.2, 0) is 30.1 Å².